The first kappa shape index (κ1) is 25.3. The summed E-state index contributed by atoms with van der Waals surface area (Å²) >= 11 is 0. The van der Waals surface area contributed by atoms with E-state index in [-0.39, 0.29) is 47.7 Å². The molecule has 196 valence electrons. The number of likely N-dealkylation sites (tertiary alicyclic amines) is 1. The van der Waals surface area contributed by atoms with Crippen molar-refractivity contribution >= 4 is 29.1 Å². The highest BCUT2D eigenvalue weighted by atomic mass is 16.5. The molecule has 0 aromatic heterocycles. The van der Waals surface area contributed by atoms with Gasteiger partial charge in [0, 0.05) is 49.5 Å². The van der Waals surface area contributed by atoms with Gasteiger partial charge in [0.2, 0.25) is 11.8 Å². The van der Waals surface area contributed by atoms with Crippen molar-refractivity contribution in [3.05, 3.63) is 59.7 Å². The molecule has 5 rings (SSSR count). The Labute approximate surface area is 218 Å². The molecule has 1 aliphatic carbocycles. The van der Waals surface area contributed by atoms with Crippen molar-refractivity contribution in [2.24, 2.45) is 11.8 Å². The highest BCUT2D eigenvalue weighted by molar-refractivity contribution is 5.96. The fourth-order valence-electron chi connectivity index (χ4n) is 6.39. The Morgan fingerprint density at radius 2 is 1.78 bits per heavy atom. The minimum atomic E-state index is -0.238. The molecule has 2 aromatic carbocycles. The predicted octanol–water partition coefficient (Wildman–Crippen LogP) is 3.96. The van der Waals surface area contributed by atoms with Gasteiger partial charge in [0.15, 0.2) is 0 Å². The largest absolute Gasteiger partial charge is 0.383 e. The first-order valence-electron chi connectivity index (χ1n) is 13.3. The third-order valence-corrected chi connectivity index (χ3v) is 8.08. The number of carbonyl (C=O) groups is 3. The molecule has 1 saturated heterocycles. The molecular weight excluding hydrogens is 468 g/mol. The van der Waals surface area contributed by atoms with Gasteiger partial charge in [-0.3, -0.25) is 14.4 Å². The molecule has 0 spiro atoms. The monoisotopic (exact) mass is 504 g/mol. The molecule has 0 bridgehead atoms. The maximum Gasteiger partial charge on any atom is 0.251 e. The van der Waals surface area contributed by atoms with E-state index < -0.39 is 0 Å². The van der Waals surface area contributed by atoms with Gasteiger partial charge < -0.3 is 25.6 Å². The Morgan fingerprint density at radius 1 is 1.03 bits per heavy atom. The van der Waals surface area contributed by atoms with Crippen molar-refractivity contribution in [1.29, 1.82) is 0 Å². The number of fused-ring (bicyclic) bond motifs is 3. The lowest BCUT2D eigenvalue weighted by Gasteiger charge is -2.41. The summed E-state index contributed by atoms with van der Waals surface area (Å²) in [4.78, 5) is 40.5. The zero-order chi connectivity index (χ0) is 25.9. The second-order valence-electron chi connectivity index (χ2n) is 10.5. The van der Waals surface area contributed by atoms with Gasteiger partial charge in [0.25, 0.3) is 5.91 Å². The highest BCUT2D eigenvalue weighted by Crippen LogP contribution is 2.47. The summed E-state index contributed by atoms with van der Waals surface area (Å²) in [7, 11) is 1.72. The van der Waals surface area contributed by atoms with E-state index in [1.54, 1.807) is 31.4 Å². The summed E-state index contributed by atoms with van der Waals surface area (Å²) in [6, 6.07) is 15.1. The first-order valence-corrected chi connectivity index (χ1v) is 13.3. The van der Waals surface area contributed by atoms with Crippen molar-refractivity contribution in [2.75, 3.05) is 30.9 Å². The van der Waals surface area contributed by atoms with Crippen LogP contribution in [0.4, 0.5) is 11.4 Å². The molecule has 2 heterocycles. The third-order valence-electron chi connectivity index (χ3n) is 8.08. The van der Waals surface area contributed by atoms with Crippen LogP contribution < -0.4 is 16.0 Å². The molecule has 2 aromatic rings. The van der Waals surface area contributed by atoms with E-state index >= 15 is 0 Å². The number of methoxy groups -OCH3 is 1. The van der Waals surface area contributed by atoms with Crippen LogP contribution in [0.25, 0.3) is 0 Å². The molecule has 0 unspecified atom stereocenters. The van der Waals surface area contributed by atoms with Gasteiger partial charge >= 0.3 is 0 Å². The second kappa shape index (κ2) is 10.9. The van der Waals surface area contributed by atoms with Gasteiger partial charge in [-0.05, 0) is 55.2 Å². The number of nitrogens with zero attached hydrogens (tertiary/aromatic N) is 1. The number of anilines is 2. The average Bonchev–Trinajstić information content (AvgIpc) is 3.35. The molecule has 3 aliphatic rings. The molecule has 8 heteroatoms. The molecule has 1 saturated carbocycles. The molecule has 8 nitrogen and oxygen atoms in total. The number of rotatable bonds is 6. The lowest BCUT2D eigenvalue weighted by Crippen LogP contribution is -2.50. The van der Waals surface area contributed by atoms with Gasteiger partial charge in [-0.2, -0.15) is 0 Å². The summed E-state index contributed by atoms with van der Waals surface area (Å²) in [6.45, 7) is 2.76. The number of hydrogen-bond donors (Lipinski definition) is 3. The van der Waals surface area contributed by atoms with Crippen LogP contribution in [0.2, 0.25) is 0 Å². The summed E-state index contributed by atoms with van der Waals surface area (Å²) in [5.41, 5.74) is 3.40. The number of carbonyl (C=O) groups excluding carboxylic acids is 3. The van der Waals surface area contributed by atoms with Crippen LogP contribution in [0.1, 0.15) is 61.0 Å². The lowest BCUT2D eigenvalue weighted by molar-refractivity contribution is -0.139. The Balaban J connectivity index is 1.33. The van der Waals surface area contributed by atoms with Crippen molar-refractivity contribution in [2.45, 2.75) is 57.2 Å². The standard InChI is InChI=1S/C29H36N4O4/c1-18(34)30-20-13-11-19(12-14-20)28(35)32-25-10-6-4-8-23(25)29(36)33-16-15-22-26(17-37-2)31-24-9-5-3-7-21(24)27(22)33/h3,5,7,9,11-14,22-23,25-27,31H,4,6,8,10,15-17H2,1-2H3,(H,30,34)(H,32,35)/t22-,23-,25+,26-,27-/m0/s1. The first-order chi connectivity index (χ1) is 18.0. The smallest absolute Gasteiger partial charge is 0.251 e. The Hall–Kier alpha value is -3.39. The van der Waals surface area contributed by atoms with Crippen LogP contribution in [0.15, 0.2) is 48.5 Å². The van der Waals surface area contributed by atoms with E-state index in [9.17, 15) is 14.4 Å². The molecule has 2 aliphatic heterocycles. The van der Waals surface area contributed by atoms with Gasteiger partial charge in [-0.25, -0.2) is 0 Å². The zero-order valence-electron chi connectivity index (χ0n) is 21.5. The van der Waals surface area contributed by atoms with Crippen molar-refractivity contribution in [3.8, 4) is 0 Å². The van der Waals surface area contributed by atoms with Crippen LogP contribution in [-0.4, -0.2) is 55.0 Å². The van der Waals surface area contributed by atoms with Crippen LogP contribution in [0, 0.1) is 11.8 Å². The SMILES string of the molecule is COC[C@@H]1Nc2ccccc2[C@H]2[C@H]1CCN2C(=O)[C@H]1CCCC[C@H]1NC(=O)c1ccc(NC(C)=O)cc1. The summed E-state index contributed by atoms with van der Waals surface area (Å²) < 4.78 is 5.51. The van der Waals surface area contributed by atoms with E-state index in [1.165, 1.54) is 12.5 Å². The number of nitrogens with one attached hydrogen (secondary N) is 3. The molecule has 2 fully saturated rings. The van der Waals surface area contributed by atoms with Crippen molar-refractivity contribution < 1.29 is 19.1 Å². The summed E-state index contributed by atoms with van der Waals surface area (Å²) in [5, 5.41) is 9.51. The fourth-order valence-corrected chi connectivity index (χ4v) is 6.39. The molecule has 3 amide bonds. The molecule has 0 radical (unpaired) electrons. The molecule has 3 N–H and O–H groups in total. The Morgan fingerprint density at radius 3 is 2.54 bits per heavy atom. The van der Waals surface area contributed by atoms with Crippen LogP contribution >= 0.6 is 0 Å². The van der Waals surface area contributed by atoms with Crippen LogP contribution in [0.3, 0.4) is 0 Å². The minimum Gasteiger partial charge on any atom is -0.383 e. The minimum absolute atomic E-state index is 0.0182. The third kappa shape index (κ3) is 5.21. The van der Waals surface area contributed by atoms with Gasteiger partial charge in [0.05, 0.1) is 24.6 Å². The quantitative estimate of drug-likeness (QED) is 0.553. The van der Waals surface area contributed by atoms with E-state index in [0.717, 1.165) is 37.8 Å². The van der Waals surface area contributed by atoms with Crippen LogP contribution in [-0.2, 0) is 14.3 Å². The van der Waals surface area contributed by atoms with E-state index in [2.05, 4.69) is 33.0 Å². The lowest BCUT2D eigenvalue weighted by atomic mass is 9.81. The maximum atomic E-state index is 14.1. The van der Waals surface area contributed by atoms with E-state index in [1.807, 2.05) is 12.1 Å². The van der Waals surface area contributed by atoms with Gasteiger partial charge in [-0.15, -0.1) is 0 Å². The Bertz CT molecular complexity index is 1150. The fraction of sp³-hybridized carbons (Fsp3) is 0.483. The summed E-state index contributed by atoms with van der Waals surface area (Å²) in [5.74, 6) is -0.150. The number of benzene rings is 2. The number of amides is 3. The number of ether oxygens (including phenoxy) is 1. The van der Waals surface area contributed by atoms with Crippen molar-refractivity contribution in [1.82, 2.24) is 10.2 Å². The highest BCUT2D eigenvalue weighted by Gasteiger charge is 2.48. The zero-order valence-corrected chi connectivity index (χ0v) is 21.5. The average molecular weight is 505 g/mol. The van der Waals surface area contributed by atoms with Gasteiger partial charge in [0.1, 0.15) is 0 Å². The van der Waals surface area contributed by atoms with E-state index in [0.29, 0.717) is 24.4 Å². The topological polar surface area (TPSA) is 99.8 Å². The molecule has 37 heavy (non-hydrogen) atoms. The molecule has 5 atom stereocenters. The molecular formula is C29H36N4O4. The second-order valence-corrected chi connectivity index (χ2v) is 10.5. The summed E-state index contributed by atoms with van der Waals surface area (Å²) in [6.07, 6.45) is 4.47. The normalized spacial score (nSPS) is 26.4. The van der Waals surface area contributed by atoms with Gasteiger partial charge in [-0.1, -0.05) is 31.0 Å². The predicted molar refractivity (Wildman–Crippen MR) is 142 cm³/mol. The van der Waals surface area contributed by atoms with Crippen molar-refractivity contribution in [3.63, 3.8) is 0 Å². The number of para-hydroxylation sites is 1. The van der Waals surface area contributed by atoms with E-state index in [4.69, 9.17) is 4.74 Å². The van der Waals surface area contributed by atoms with Crippen LogP contribution in [0.5, 0.6) is 0 Å². The number of hydrogen-bond acceptors (Lipinski definition) is 5. The maximum absolute atomic E-state index is 14.1. The Kier molecular flexibility index (Phi) is 7.46.